The fourth-order valence-electron chi connectivity index (χ4n) is 2.25. The highest BCUT2D eigenvalue weighted by Crippen LogP contribution is 2.26. The summed E-state index contributed by atoms with van der Waals surface area (Å²) >= 11 is 0. The molecule has 1 aromatic heterocycles. The number of nitrogens with zero attached hydrogens (tertiary/aromatic N) is 2. The smallest absolute Gasteiger partial charge is 0.255 e. The summed E-state index contributed by atoms with van der Waals surface area (Å²) in [4.78, 5) is 19.1. The van der Waals surface area contributed by atoms with E-state index in [-0.39, 0.29) is 12.5 Å². The molecular formula is C19H28N2O2. The zero-order valence-corrected chi connectivity index (χ0v) is 15.3. The summed E-state index contributed by atoms with van der Waals surface area (Å²) in [5.74, 6) is -0.0896. The van der Waals surface area contributed by atoms with E-state index in [9.17, 15) is 9.90 Å². The first-order valence-corrected chi connectivity index (χ1v) is 8.04. The molecule has 4 nitrogen and oxygen atoms in total. The molecule has 0 aliphatic heterocycles. The van der Waals surface area contributed by atoms with E-state index in [2.05, 4.69) is 4.98 Å². The lowest BCUT2D eigenvalue weighted by atomic mass is 9.97. The van der Waals surface area contributed by atoms with Crippen molar-refractivity contribution in [1.29, 1.82) is 0 Å². The molecule has 126 valence electrons. The van der Waals surface area contributed by atoms with E-state index in [4.69, 9.17) is 0 Å². The van der Waals surface area contributed by atoms with Crippen molar-refractivity contribution in [2.24, 2.45) is 0 Å². The van der Waals surface area contributed by atoms with Gasteiger partial charge in [-0.25, -0.2) is 0 Å². The highest BCUT2D eigenvalue weighted by Gasteiger charge is 2.29. The minimum absolute atomic E-state index is 0.0870. The van der Waals surface area contributed by atoms with Gasteiger partial charge in [0, 0.05) is 18.1 Å². The number of aliphatic hydroxyl groups is 1. The third-order valence-electron chi connectivity index (χ3n) is 4.19. The number of likely N-dealkylation sites (N-methyl/N-ethyl adjacent to an activating group) is 1. The molecule has 2 aromatic rings. The maximum absolute atomic E-state index is 12.9. The molecule has 0 aliphatic carbocycles. The van der Waals surface area contributed by atoms with Crippen LogP contribution in [-0.2, 0) is 0 Å². The Morgan fingerprint density at radius 1 is 1.22 bits per heavy atom. The first-order valence-electron chi connectivity index (χ1n) is 8.04. The van der Waals surface area contributed by atoms with E-state index in [1.54, 1.807) is 11.9 Å². The lowest BCUT2D eigenvalue weighted by molar-refractivity contribution is 0.0474. The molecule has 23 heavy (non-hydrogen) atoms. The van der Waals surface area contributed by atoms with Gasteiger partial charge in [0.2, 0.25) is 0 Å². The Morgan fingerprint density at radius 2 is 1.78 bits per heavy atom. The average molecular weight is 316 g/mol. The number of para-hydroxylation sites is 1. The van der Waals surface area contributed by atoms with Crippen LogP contribution in [0.4, 0.5) is 0 Å². The van der Waals surface area contributed by atoms with Crippen LogP contribution >= 0.6 is 0 Å². The summed E-state index contributed by atoms with van der Waals surface area (Å²) in [5.41, 5.74) is 2.62. The fourth-order valence-corrected chi connectivity index (χ4v) is 2.25. The zero-order chi connectivity index (χ0) is 17.8. The molecule has 4 heteroatoms. The van der Waals surface area contributed by atoms with Crippen molar-refractivity contribution >= 4 is 16.8 Å². The van der Waals surface area contributed by atoms with Crippen LogP contribution in [0.2, 0.25) is 0 Å². The minimum Gasteiger partial charge on any atom is -0.394 e. The third kappa shape index (κ3) is 3.70. The summed E-state index contributed by atoms with van der Waals surface area (Å²) in [5, 5.41) is 10.3. The molecule has 1 heterocycles. The standard InChI is InChI=1S/C17H22N2O2.C2H6/c1-11-12(2)18-14-9-7-6-8-13(14)15(11)16(21)19(5)17(3,4)10-20;1-2/h6-9,20H,10H2,1-5H3;1-2H3. The average Bonchev–Trinajstić information content (AvgIpc) is 2.56. The number of aliphatic hydroxyl groups excluding tert-OH is 1. The Labute approximate surface area is 139 Å². The second-order valence-corrected chi connectivity index (χ2v) is 6.05. The molecule has 0 aliphatic rings. The van der Waals surface area contributed by atoms with Gasteiger partial charge in [-0.15, -0.1) is 0 Å². The van der Waals surface area contributed by atoms with Gasteiger partial charge in [-0.1, -0.05) is 32.0 Å². The summed E-state index contributed by atoms with van der Waals surface area (Å²) in [6, 6.07) is 7.66. The number of aromatic nitrogens is 1. The van der Waals surface area contributed by atoms with Gasteiger partial charge < -0.3 is 10.0 Å². The number of benzene rings is 1. The van der Waals surface area contributed by atoms with Gasteiger partial charge in [0.15, 0.2) is 0 Å². The number of hydrogen-bond donors (Lipinski definition) is 1. The lowest BCUT2D eigenvalue weighted by Crippen LogP contribution is -2.47. The van der Waals surface area contributed by atoms with Crippen molar-refractivity contribution in [1.82, 2.24) is 9.88 Å². The van der Waals surface area contributed by atoms with Crippen molar-refractivity contribution in [3.05, 3.63) is 41.1 Å². The number of fused-ring (bicyclic) bond motifs is 1. The predicted octanol–water partition coefficient (Wildman–Crippen LogP) is 3.72. The van der Waals surface area contributed by atoms with Crippen molar-refractivity contribution in [3.8, 4) is 0 Å². The van der Waals surface area contributed by atoms with Crippen LogP contribution < -0.4 is 0 Å². The van der Waals surface area contributed by atoms with Crippen molar-refractivity contribution in [2.75, 3.05) is 13.7 Å². The second kappa shape index (κ2) is 7.55. The zero-order valence-electron chi connectivity index (χ0n) is 15.3. The second-order valence-electron chi connectivity index (χ2n) is 6.05. The molecule has 1 N–H and O–H groups in total. The predicted molar refractivity (Wildman–Crippen MR) is 95.8 cm³/mol. The third-order valence-corrected chi connectivity index (χ3v) is 4.19. The SMILES string of the molecule is CC.Cc1nc2ccccc2c(C(=O)N(C)C(C)(C)CO)c1C. The maximum atomic E-state index is 12.9. The molecule has 0 bridgehead atoms. The van der Waals surface area contributed by atoms with E-state index in [1.165, 1.54) is 0 Å². The molecule has 1 aromatic carbocycles. The Kier molecular flexibility index (Phi) is 6.28. The molecule has 0 atom stereocenters. The first kappa shape index (κ1) is 19.1. The highest BCUT2D eigenvalue weighted by atomic mass is 16.3. The van der Waals surface area contributed by atoms with Gasteiger partial charge in [0.25, 0.3) is 5.91 Å². The van der Waals surface area contributed by atoms with Crippen LogP contribution in [0, 0.1) is 13.8 Å². The molecule has 2 rings (SSSR count). The van der Waals surface area contributed by atoms with Crippen LogP contribution in [0.5, 0.6) is 0 Å². The quantitative estimate of drug-likeness (QED) is 0.939. The van der Waals surface area contributed by atoms with Gasteiger partial charge in [-0.3, -0.25) is 9.78 Å². The van der Waals surface area contributed by atoms with Gasteiger partial charge in [-0.2, -0.15) is 0 Å². The number of rotatable bonds is 3. The molecule has 0 unspecified atom stereocenters. The monoisotopic (exact) mass is 316 g/mol. The molecular weight excluding hydrogens is 288 g/mol. The minimum atomic E-state index is -0.609. The summed E-state index contributed by atoms with van der Waals surface area (Å²) < 4.78 is 0. The van der Waals surface area contributed by atoms with Gasteiger partial charge in [0.1, 0.15) is 0 Å². The Balaban J connectivity index is 0.00000127. The summed E-state index contributed by atoms with van der Waals surface area (Å²) in [6.45, 7) is 11.4. The van der Waals surface area contributed by atoms with E-state index >= 15 is 0 Å². The summed E-state index contributed by atoms with van der Waals surface area (Å²) in [7, 11) is 1.72. The Morgan fingerprint density at radius 3 is 2.35 bits per heavy atom. The van der Waals surface area contributed by atoms with Crippen LogP contribution in [0.15, 0.2) is 24.3 Å². The maximum Gasteiger partial charge on any atom is 0.255 e. The van der Waals surface area contributed by atoms with E-state index in [0.717, 1.165) is 22.2 Å². The van der Waals surface area contributed by atoms with Crippen molar-refractivity contribution in [2.45, 2.75) is 47.1 Å². The number of aryl methyl sites for hydroxylation is 1. The molecule has 0 saturated heterocycles. The molecule has 0 spiro atoms. The van der Waals surface area contributed by atoms with Crippen molar-refractivity contribution < 1.29 is 9.90 Å². The normalized spacial score (nSPS) is 11.0. The van der Waals surface area contributed by atoms with Gasteiger partial charge in [-0.05, 0) is 39.3 Å². The van der Waals surface area contributed by atoms with E-state index in [1.807, 2.05) is 65.8 Å². The highest BCUT2D eigenvalue weighted by molar-refractivity contribution is 6.07. The topological polar surface area (TPSA) is 53.4 Å². The molecule has 0 radical (unpaired) electrons. The number of hydrogen-bond acceptors (Lipinski definition) is 3. The Hall–Kier alpha value is -1.94. The van der Waals surface area contributed by atoms with Crippen LogP contribution in [0.3, 0.4) is 0 Å². The van der Waals surface area contributed by atoms with E-state index < -0.39 is 5.54 Å². The summed E-state index contributed by atoms with van der Waals surface area (Å²) in [6.07, 6.45) is 0. The van der Waals surface area contributed by atoms with E-state index in [0.29, 0.717) is 5.56 Å². The number of carbonyl (C=O) groups excluding carboxylic acids is 1. The number of amides is 1. The molecule has 1 amide bonds. The number of pyridine rings is 1. The van der Waals surface area contributed by atoms with Gasteiger partial charge in [0.05, 0.1) is 23.2 Å². The van der Waals surface area contributed by atoms with Crippen LogP contribution in [-0.4, -0.2) is 40.1 Å². The van der Waals surface area contributed by atoms with Crippen LogP contribution in [0.25, 0.3) is 10.9 Å². The lowest BCUT2D eigenvalue weighted by Gasteiger charge is -2.34. The Bertz CT molecular complexity index is 693. The molecule has 0 fully saturated rings. The molecule has 0 saturated carbocycles. The van der Waals surface area contributed by atoms with Gasteiger partial charge >= 0.3 is 0 Å². The largest absolute Gasteiger partial charge is 0.394 e. The fraction of sp³-hybridized carbons (Fsp3) is 0.474. The first-order chi connectivity index (χ1) is 10.8. The van der Waals surface area contributed by atoms with Crippen molar-refractivity contribution in [3.63, 3.8) is 0 Å². The number of carbonyl (C=O) groups is 1. The van der Waals surface area contributed by atoms with Crippen LogP contribution in [0.1, 0.15) is 49.3 Å².